The maximum absolute atomic E-state index is 13.5. The Morgan fingerprint density at radius 2 is 1.87 bits per heavy atom. The average molecular weight is 402 g/mol. The lowest BCUT2D eigenvalue weighted by Gasteiger charge is -2.26. The van der Waals surface area contributed by atoms with Crippen LogP contribution >= 0.6 is 0 Å². The second-order valence-corrected chi connectivity index (χ2v) is 7.99. The highest BCUT2D eigenvalue weighted by molar-refractivity contribution is 6.00. The molecule has 1 amide bonds. The van der Waals surface area contributed by atoms with E-state index >= 15 is 0 Å². The lowest BCUT2D eigenvalue weighted by Crippen LogP contribution is -2.31. The van der Waals surface area contributed by atoms with Crippen LogP contribution in [-0.2, 0) is 6.54 Å². The van der Waals surface area contributed by atoms with E-state index in [0.717, 1.165) is 31.5 Å². The van der Waals surface area contributed by atoms with E-state index in [0.29, 0.717) is 11.3 Å². The van der Waals surface area contributed by atoms with Gasteiger partial charge in [-0.1, -0.05) is 54.6 Å². The summed E-state index contributed by atoms with van der Waals surface area (Å²) in [5.41, 5.74) is 10.2. The molecule has 154 valence electrons. The van der Waals surface area contributed by atoms with E-state index in [9.17, 15) is 4.79 Å². The zero-order chi connectivity index (χ0) is 21.1. The molecule has 1 unspecified atom stereocenters. The van der Waals surface area contributed by atoms with Crippen molar-refractivity contribution in [2.75, 3.05) is 26.4 Å². The van der Waals surface area contributed by atoms with Crippen LogP contribution in [0.25, 0.3) is 11.3 Å². The first-order chi connectivity index (χ1) is 14.5. The minimum absolute atomic E-state index is 0.0475. The van der Waals surface area contributed by atoms with Crippen LogP contribution in [0.15, 0.2) is 60.8 Å². The molecule has 1 atom stereocenters. The molecule has 0 spiro atoms. The highest BCUT2D eigenvalue weighted by atomic mass is 16.2. The molecule has 2 heterocycles. The number of aromatic nitrogens is 2. The van der Waals surface area contributed by atoms with Crippen LogP contribution in [0.5, 0.6) is 0 Å². The summed E-state index contributed by atoms with van der Waals surface area (Å²) in [6.45, 7) is 1.62. The van der Waals surface area contributed by atoms with Crippen molar-refractivity contribution in [1.29, 1.82) is 0 Å². The second-order valence-electron chi connectivity index (χ2n) is 7.99. The van der Waals surface area contributed by atoms with Crippen molar-refractivity contribution >= 4 is 11.9 Å². The number of rotatable bonds is 5. The Labute approximate surface area is 177 Å². The minimum atomic E-state index is -0.0475. The van der Waals surface area contributed by atoms with Crippen LogP contribution in [-0.4, -0.2) is 46.3 Å². The number of nitrogen functional groups attached to an aromatic ring is 1. The molecule has 0 aliphatic carbocycles. The number of nitrogens with zero attached hydrogens (tertiary/aromatic N) is 4. The van der Waals surface area contributed by atoms with E-state index in [4.69, 9.17) is 5.73 Å². The van der Waals surface area contributed by atoms with Crippen molar-refractivity contribution in [2.24, 2.45) is 0 Å². The molecule has 0 radical (unpaired) electrons. The Kier molecular flexibility index (Phi) is 5.77. The smallest absolute Gasteiger partial charge is 0.258 e. The van der Waals surface area contributed by atoms with E-state index in [2.05, 4.69) is 53.2 Å². The van der Waals surface area contributed by atoms with Gasteiger partial charge in [-0.15, -0.1) is 0 Å². The number of carbonyl (C=O) groups is 1. The topological polar surface area (TPSA) is 75.3 Å². The van der Waals surface area contributed by atoms with Crippen molar-refractivity contribution in [3.63, 3.8) is 0 Å². The van der Waals surface area contributed by atoms with Crippen molar-refractivity contribution in [1.82, 2.24) is 19.8 Å². The van der Waals surface area contributed by atoms with Crippen LogP contribution in [0.3, 0.4) is 0 Å². The molecule has 2 aromatic carbocycles. The number of likely N-dealkylation sites (tertiary alicyclic amines) is 1. The SMILES string of the molecule is CN(C)Cc1ccc(C2CCCN2C(=O)c2cnc(N)nc2-c2ccccc2)cc1. The summed E-state index contributed by atoms with van der Waals surface area (Å²) in [5.74, 6) is 0.119. The van der Waals surface area contributed by atoms with Gasteiger partial charge in [0.1, 0.15) is 0 Å². The van der Waals surface area contributed by atoms with Crippen LogP contribution in [0.4, 0.5) is 5.95 Å². The Bertz CT molecular complexity index is 1020. The number of hydrogen-bond acceptors (Lipinski definition) is 5. The van der Waals surface area contributed by atoms with E-state index in [-0.39, 0.29) is 17.9 Å². The summed E-state index contributed by atoms with van der Waals surface area (Å²) in [4.78, 5) is 26.1. The number of nitrogens with two attached hydrogens (primary N) is 1. The third-order valence-electron chi connectivity index (χ3n) is 5.46. The molecule has 30 heavy (non-hydrogen) atoms. The van der Waals surface area contributed by atoms with Gasteiger partial charge >= 0.3 is 0 Å². The van der Waals surface area contributed by atoms with Gasteiger partial charge < -0.3 is 15.5 Å². The fraction of sp³-hybridized carbons (Fsp3) is 0.292. The van der Waals surface area contributed by atoms with Gasteiger partial charge in [0.25, 0.3) is 5.91 Å². The number of anilines is 1. The molecule has 6 heteroatoms. The predicted octanol–water partition coefficient (Wildman–Crippen LogP) is 3.76. The molecule has 2 N–H and O–H groups in total. The van der Waals surface area contributed by atoms with Crippen molar-refractivity contribution in [3.05, 3.63) is 77.5 Å². The molecule has 4 rings (SSSR count). The largest absolute Gasteiger partial charge is 0.368 e. The highest BCUT2D eigenvalue weighted by Gasteiger charge is 2.32. The lowest BCUT2D eigenvalue weighted by molar-refractivity contribution is 0.0735. The Hall–Kier alpha value is -3.25. The van der Waals surface area contributed by atoms with Crippen LogP contribution < -0.4 is 5.73 Å². The van der Waals surface area contributed by atoms with Crippen LogP contribution in [0, 0.1) is 0 Å². The van der Waals surface area contributed by atoms with Gasteiger partial charge in [0.15, 0.2) is 0 Å². The number of amides is 1. The Morgan fingerprint density at radius 3 is 2.57 bits per heavy atom. The second kappa shape index (κ2) is 8.63. The van der Waals surface area contributed by atoms with Crippen molar-refractivity contribution < 1.29 is 4.79 Å². The fourth-order valence-corrected chi connectivity index (χ4v) is 4.09. The third-order valence-corrected chi connectivity index (χ3v) is 5.46. The van der Waals surface area contributed by atoms with Gasteiger partial charge in [-0.3, -0.25) is 4.79 Å². The van der Waals surface area contributed by atoms with Gasteiger partial charge in [-0.2, -0.15) is 0 Å². The number of hydrogen-bond donors (Lipinski definition) is 1. The van der Waals surface area contributed by atoms with Gasteiger partial charge in [-0.05, 0) is 38.1 Å². The molecule has 0 bridgehead atoms. The molecule has 1 saturated heterocycles. The van der Waals surface area contributed by atoms with Crippen LogP contribution in [0.2, 0.25) is 0 Å². The molecule has 1 fully saturated rings. The predicted molar refractivity (Wildman–Crippen MR) is 119 cm³/mol. The molecule has 3 aromatic rings. The fourth-order valence-electron chi connectivity index (χ4n) is 4.09. The molecule has 0 saturated carbocycles. The van der Waals surface area contributed by atoms with E-state index < -0.39 is 0 Å². The quantitative estimate of drug-likeness (QED) is 0.704. The van der Waals surface area contributed by atoms with E-state index in [1.165, 1.54) is 11.1 Å². The standard InChI is InChI=1S/C24H27N5O/c1-28(2)16-17-10-12-18(13-11-17)21-9-6-14-29(21)23(30)20-15-26-24(25)27-22(20)19-7-4-3-5-8-19/h3-5,7-8,10-13,15,21H,6,9,14,16H2,1-2H3,(H2,25,26,27). The van der Waals surface area contributed by atoms with Crippen LogP contribution in [0.1, 0.15) is 40.4 Å². The van der Waals surface area contributed by atoms with Gasteiger partial charge in [0.05, 0.1) is 17.3 Å². The maximum Gasteiger partial charge on any atom is 0.258 e. The van der Waals surface area contributed by atoms with E-state index in [1.807, 2.05) is 35.2 Å². The normalized spacial score (nSPS) is 16.2. The molecule has 1 aromatic heterocycles. The highest BCUT2D eigenvalue weighted by Crippen LogP contribution is 2.34. The summed E-state index contributed by atoms with van der Waals surface area (Å²) in [5, 5.41) is 0. The molecular formula is C24H27N5O. The van der Waals surface area contributed by atoms with Crippen molar-refractivity contribution in [3.8, 4) is 11.3 Å². The first-order valence-electron chi connectivity index (χ1n) is 10.3. The minimum Gasteiger partial charge on any atom is -0.368 e. The molecular weight excluding hydrogens is 374 g/mol. The first-order valence-corrected chi connectivity index (χ1v) is 10.3. The summed E-state index contributed by atoms with van der Waals surface area (Å²) >= 11 is 0. The summed E-state index contributed by atoms with van der Waals surface area (Å²) in [7, 11) is 4.12. The molecule has 6 nitrogen and oxygen atoms in total. The average Bonchev–Trinajstić information content (AvgIpc) is 3.24. The summed E-state index contributed by atoms with van der Waals surface area (Å²) in [6, 6.07) is 18.3. The van der Waals surface area contributed by atoms with Gasteiger partial charge in [0.2, 0.25) is 5.95 Å². The maximum atomic E-state index is 13.5. The number of benzene rings is 2. The Balaban J connectivity index is 1.63. The third kappa shape index (κ3) is 4.19. The van der Waals surface area contributed by atoms with Gasteiger partial charge in [-0.25, -0.2) is 9.97 Å². The van der Waals surface area contributed by atoms with Gasteiger partial charge in [0, 0.05) is 24.8 Å². The Morgan fingerprint density at radius 1 is 1.13 bits per heavy atom. The van der Waals surface area contributed by atoms with E-state index in [1.54, 1.807) is 6.20 Å². The summed E-state index contributed by atoms with van der Waals surface area (Å²) < 4.78 is 0. The zero-order valence-corrected chi connectivity index (χ0v) is 17.5. The molecule has 1 aliphatic heterocycles. The van der Waals surface area contributed by atoms with Crippen molar-refractivity contribution in [2.45, 2.75) is 25.4 Å². The molecule has 1 aliphatic rings. The first kappa shape index (κ1) is 20.0. The summed E-state index contributed by atoms with van der Waals surface area (Å²) in [6.07, 6.45) is 3.49. The lowest BCUT2D eigenvalue weighted by atomic mass is 10.0. The monoisotopic (exact) mass is 401 g/mol. The zero-order valence-electron chi connectivity index (χ0n) is 17.5. The number of carbonyl (C=O) groups excluding carboxylic acids is 1.